The standard InChI is InChI=1S/C21H24O7/c1-12(22)27-11-18-16-9-14(23-2)6-7-15(16)19-13(10-28-18)8-17(24-3)20(25-4)21(19)26-5/h6-9,18H,10-11H2,1-5H3. The summed E-state index contributed by atoms with van der Waals surface area (Å²) in [6.45, 7) is 1.76. The quantitative estimate of drug-likeness (QED) is 0.701. The van der Waals surface area contributed by atoms with Crippen molar-refractivity contribution in [3.63, 3.8) is 0 Å². The predicted octanol–water partition coefficient (Wildman–Crippen LogP) is 3.52. The van der Waals surface area contributed by atoms with Gasteiger partial charge in [-0.3, -0.25) is 4.79 Å². The number of esters is 1. The monoisotopic (exact) mass is 388 g/mol. The Bertz CT molecular complexity index is 876. The Hall–Kier alpha value is -2.93. The van der Waals surface area contributed by atoms with Gasteiger partial charge in [-0.1, -0.05) is 6.07 Å². The largest absolute Gasteiger partial charge is 0.497 e. The number of rotatable bonds is 6. The highest BCUT2D eigenvalue weighted by Gasteiger charge is 2.30. The summed E-state index contributed by atoms with van der Waals surface area (Å²) in [5.74, 6) is 1.92. The first-order chi connectivity index (χ1) is 13.5. The summed E-state index contributed by atoms with van der Waals surface area (Å²) in [5.41, 5.74) is 3.46. The summed E-state index contributed by atoms with van der Waals surface area (Å²) in [4.78, 5) is 11.3. The van der Waals surface area contributed by atoms with Crippen molar-refractivity contribution < 1.29 is 33.2 Å². The SMILES string of the molecule is COc1ccc2c(c1)C(COC(C)=O)OCc1cc(OC)c(OC)c(OC)c1-2. The normalized spacial score (nSPS) is 15.0. The van der Waals surface area contributed by atoms with Crippen LogP contribution in [0.1, 0.15) is 24.2 Å². The second-order valence-corrected chi connectivity index (χ2v) is 6.23. The number of ether oxygens (including phenoxy) is 6. The number of methoxy groups -OCH3 is 4. The van der Waals surface area contributed by atoms with Gasteiger partial charge in [0.2, 0.25) is 5.75 Å². The Balaban J connectivity index is 2.24. The van der Waals surface area contributed by atoms with Crippen molar-refractivity contribution in [2.75, 3.05) is 35.0 Å². The molecule has 0 spiro atoms. The number of benzene rings is 2. The molecule has 2 aromatic rings. The molecule has 0 N–H and O–H groups in total. The maximum Gasteiger partial charge on any atom is 0.302 e. The van der Waals surface area contributed by atoms with E-state index in [-0.39, 0.29) is 19.2 Å². The molecule has 0 amide bonds. The van der Waals surface area contributed by atoms with Gasteiger partial charge in [0.05, 0.1) is 35.0 Å². The molecule has 150 valence electrons. The summed E-state index contributed by atoms with van der Waals surface area (Å²) in [6, 6.07) is 7.57. The van der Waals surface area contributed by atoms with Crippen molar-refractivity contribution in [2.24, 2.45) is 0 Å². The lowest BCUT2D eigenvalue weighted by Gasteiger charge is -2.20. The van der Waals surface area contributed by atoms with E-state index in [1.54, 1.807) is 28.4 Å². The minimum atomic E-state index is -0.455. The van der Waals surface area contributed by atoms with Crippen molar-refractivity contribution >= 4 is 5.97 Å². The summed E-state index contributed by atoms with van der Waals surface area (Å²) in [7, 11) is 6.33. The molecule has 1 aliphatic rings. The van der Waals surface area contributed by atoms with Crippen LogP contribution in [-0.2, 0) is 20.9 Å². The van der Waals surface area contributed by atoms with Crippen LogP contribution in [0.4, 0.5) is 0 Å². The average molecular weight is 388 g/mol. The maximum atomic E-state index is 11.3. The lowest BCUT2D eigenvalue weighted by molar-refractivity contribution is -0.145. The highest BCUT2D eigenvalue weighted by atomic mass is 16.6. The van der Waals surface area contributed by atoms with Crippen LogP contribution in [0.3, 0.4) is 0 Å². The Morgan fingerprint density at radius 2 is 1.79 bits per heavy atom. The number of fused-ring (bicyclic) bond motifs is 3. The van der Waals surface area contributed by atoms with E-state index in [9.17, 15) is 4.79 Å². The van der Waals surface area contributed by atoms with E-state index >= 15 is 0 Å². The summed E-state index contributed by atoms with van der Waals surface area (Å²) in [5, 5.41) is 0. The highest BCUT2D eigenvalue weighted by molar-refractivity contribution is 5.82. The van der Waals surface area contributed by atoms with E-state index in [0.717, 1.165) is 22.3 Å². The number of hydrogen-bond donors (Lipinski definition) is 0. The van der Waals surface area contributed by atoms with Crippen molar-refractivity contribution in [3.05, 3.63) is 35.4 Å². The van der Waals surface area contributed by atoms with Crippen LogP contribution in [0.15, 0.2) is 24.3 Å². The van der Waals surface area contributed by atoms with Crippen molar-refractivity contribution in [3.8, 4) is 34.1 Å². The van der Waals surface area contributed by atoms with Crippen molar-refractivity contribution in [2.45, 2.75) is 19.6 Å². The maximum absolute atomic E-state index is 11.3. The molecule has 3 rings (SSSR count). The van der Waals surface area contributed by atoms with E-state index in [4.69, 9.17) is 28.4 Å². The zero-order valence-electron chi connectivity index (χ0n) is 16.7. The zero-order valence-corrected chi connectivity index (χ0v) is 16.7. The van der Waals surface area contributed by atoms with Gasteiger partial charge >= 0.3 is 5.97 Å². The van der Waals surface area contributed by atoms with E-state index in [1.807, 2.05) is 24.3 Å². The highest BCUT2D eigenvalue weighted by Crippen LogP contribution is 2.50. The topological polar surface area (TPSA) is 72.5 Å². The van der Waals surface area contributed by atoms with Crippen LogP contribution in [0, 0.1) is 0 Å². The van der Waals surface area contributed by atoms with E-state index in [2.05, 4.69) is 0 Å². The second kappa shape index (κ2) is 8.39. The van der Waals surface area contributed by atoms with Gasteiger partial charge < -0.3 is 28.4 Å². The summed E-state index contributed by atoms with van der Waals surface area (Å²) in [6.07, 6.45) is -0.455. The van der Waals surface area contributed by atoms with Gasteiger partial charge in [0.1, 0.15) is 18.5 Å². The third kappa shape index (κ3) is 3.57. The lowest BCUT2D eigenvalue weighted by atomic mass is 9.92. The van der Waals surface area contributed by atoms with E-state index in [0.29, 0.717) is 23.0 Å². The van der Waals surface area contributed by atoms with Crippen LogP contribution in [-0.4, -0.2) is 41.0 Å². The molecule has 0 saturated carbocycles. The van der Waals surface area contributed by atoms with Crippen molar-refractivity contribution in [1.29, 1.82) is 0 Å². The van der Waals surface area contributed by atoms with Crippen molar-refractivity contribution in [1.82, 2.24) is 0 Å². The fraction of sp³-hybridized carbons (Fsp3) is 0.381. The number of carbonyl (C=O) groups excluding carboxylic acids is 1. The fourth-order valence-electron chi connectivity index (χ4n) is 3.39. The van der Waals surface area contributed by atoms with Gasteiger partial charge in [0, 0.05) is 12.5 Å². The molecule has 0 fully saturated rings. The van der Waals surface area contributed by atoms with Crippen LogP contribution < -0.4 is 18.9 Å². The molecular weight excluding hydrogens is 364 g/mol. The molecule has 0 radical (unpaired) electrons. The Morgan fingerprint density at radius 3 is 2.39 bits per heavy atom. The first-order valence-corrected chi connectivity index (χ1v) is 8.79. The molecule has 28 heavy (non-hydrogen) atoms. The first kappa shape index (κ1) is 19.8. The third-order valence-electron chi connectivity index (χ3n) is 4.66. The molecule has 1 atom stereocenters. The van der Waals surface area contributed by atoms with Crippen LogP contribution >= 0.6 is 0 Å². The summed E-state index contributed by atoms with van der Waals surface area (Å²) >= 11 is 0. The fourth-order valence-corrected chi connectivity index (χ4v) is 3.39. The van der Waals surface area contributed by atoms with Gasteiger partial charge in [-0.25, -0.2) is 0 Å². The molecular formula is C21H24O7. The molecule has 7 heteroatoms. The van der Waals surface area contributed by atoms with Gasteiger partial charge in [-0.15, -0.1) is 0 Å². The third-order valence-corrected chi connectivity index (χ3v) is 4.66. The Kier molecular flexibility index (Phi) is 5.94. The Morgan fingerprint density at radius 1 is 1.04 bits per heavy atom. The van der Waals surface area contributed by atoms with Crippen LogP contribution in [0.2, 0.25) is 0 Å². The van der Waals surface area contributed by atoms with Gasteiger partial charge in [0.25, 0.3) is 0 Å². The first-order valence-electron chi connectivity index (χ1n) is 8.79. The second-order valence-electron chi connectivity index (χ2n) is 6.23. The number of carbonyl (C=O) groups is 1. The molecule has 1 unspecified atom stereocenters. The van der Waals surface area contributed by atoms with Gasteiger partial charge in [0.15, 0.2) is 11.5 Å². The minimum Gasteiger partial charge on any atom is -0.497 e. The van der Waals surface area contributed by atoms with Gasteiger partial charge in [-0.05, 0) is 34.9 Å². The summed E-state index contributed by atoms with van der Waals surface area (Å²) < 4.78 is 33.4. The van der Waals surface area contributed by atoms with Crippen LogP contribution in [0.25, 0.3) is 11.1 Å². The van der Waals surface area contributed by atoms with E-state index in [1.165, 1.54) is 6.92 Å². The molecule has 1 heterocycles. The minimum absolute atomic E-state index is 0.0973. The molecule has 2 aromatic carbocycles. The molecule has 0 bridgehead atoms. The molecule has 0 aliphatic carbocycles. The average Bonchev–Trinajstić information content (AvgIpc) is 2.86. The van der Waals surface area contributed by atoms with Gasteiger partial charge in [-0.2, -0.15) is 0 Å². The smallest absolute Gasteiger partial charge is 0.302 e. The number of hydrogen-bond acceptors (Lipinski definition) is 7. The predicted molar refractivity (Wildman–Crippen MR) is 102 cm³/mol. The molecule has 7 nitrogen and oxygen atoms in total. The lowest BCUT2D eigenvalue weighted by Crippen LogP contribution is -2.13. The Labute approximate surface area is 164 Å². The zero-order chi connectivity index (χ0) is 20.3. The van der Waals surface area contributed by atoms with Crippen LogP contribution in [0.5, 0.6) is 23.0 Å². The van der Waals surface area contributed by atoms with E-state index < -0.39 is 6.10 Å². The molecule has 0 aromatic heterocycles. The molecule has 1 aliphatic heterocycles. The molecule has 0 saturated heterocycles.